The van der Waals surface area contributed by atoms with Crippen LogP contribution in [0.25, 0.3) is 0 Å². The number of esters is 1. The molecule has 1 aliphatic rings. The molecule has 1 fully saturated rings. The van der Waals surface area contributed by atoms with E-state index < -0.39 is 17.9 Å². The zero-order chi connectivity index (χ0) is 23.0. The third-order valence-electron chi connectivity index (χ3n) is 4.78. The fraction of sp³-hybridized carbons (Fsp3) is 0.545. The third-order valence-corrected chi connectivity index (χ3v) is 5.12. The first-order valence-corrected chi connectivity index (χ1v) is 10.9. The van der Waals surface area contributed by atoms with Crippen molar-refractivity contribution < 1.29 is 23.9 Å². The Labute approximate surface area is 188 Å². The predicted octanol–water partition coefficient (Wildman–Crippen LogP) is 2.27. The highest BCUT2D eigenvalue weighted by Gasteiger charge is 2.34. The summed E-state index contributed by atoms with van der Waals surface area (Å²) in [6.45, 7) is 8.95. The van der Waals surface area contributed by atoms with Crippen LogP contribution in [-0.2, 0) is 14.3 Å². The van der Waals surface area contributed by atoms with Crippen molar-refractivity contribution in [3.8, 4) is 5.75 Å². The number of piperazine rings is 1. The molecule has 2 unspecified atom stereocenters. The average molecular weight is 450 g/mol. The normalized spacial score (nSPS) is 17.0. The van der Waals surface area contributed by atoms with E-state index in [1.54, 1.807) is 36.1 Å². The van der Waals surface area contributed by atoms with Crippen LogP contribution in [0.4, 0.5) is 0 Å². The lowest BCUT2D eigenvalue weighted by molar-refractivity contribution is -0.151. The summed E-state index contributed by atoms with van der Waals surface area (Å²) in [5, 5.41) is 5.49. The molecule has 0 spiro atoms. The molecule has 0 aromatic heterocycles. The molecule has 1 aromatic carbocycles. The van der Waals surface area contributed by atoms with Gasteiger partial charge in [0.2, 0.25) is 5.91 Å². The number of nitrogens with one attached hydrogen (secondary N) is 2. The summed E-state index contributed by atoms with van der Waals surface area (Å²) in [4.78, 5) is 39.1. The van der Waals surface area contributed by atoms with Crippen LogP contribution in [-0.4, -0.2) is 59.6 Å². The van der Waals surface area contributed by atoms with Crippen molar-refractivity contribution in [2.45, 2.75) is 52.7 Å². The molecule has 1 aliphatic heterocycles. The SMILES string of the molecule is CCC(C)OC(=O)CC1C(=O)NCCN1C(=S)NC(=O)c1ccccc1OCC(C)C. The minimum Gasteiger partial charge on any atom is -0.492 e. The maximum atomic E-state index is 12.9. The van der Waals surface area contributed by atoms with Crippen molar-refractivity contribution >= 4 is 35.1 Å². The molecule has 1 heterocycles. The lowest BCUT2D eigenvalue weighted by atomic mass is 10.1. The number of amides is 2. The Bertz CT molecular complexity index is 814. The van der Waals surface area contributed by atoms with E-state index in [1.807, 2.05) is 20.8 Å². The molecule has 9 heteroatoms. The summed E-state index contributed by atoms with van der Waals surface area (Å²) < 4.78 is 11.0. The number of ether oxygens (including phenoxy) is 2. The first-order valence-electron chi connectivity index (χ1n) is 10.5. The number of carbonyl (C=O) groups is 3. The van der Waals surface area contributed by atoms with E-state index in [4.69, 9.17) is 21.7 Å². The molecule has 2 amide bonds. The molecule has 0 saturated carbocycles. The van der Waals surface area contributed by atoms with Gasteiger partial charge in [-0.05, 0) is 43.6 Å². The fourth-order valence-corrected chi connectivity index (χ4v) is 3.26. The van der Waals surface area contributed by atoms with Crippen molar-refractivity contribution in [3.05, 3.63) is 29.8 Å². The topological polar surface area (TPSA) is 97.0 Å². The standard InChI is InChI=1S/C22H31N3O5S/c1-5-15(4)30-19(26)12-17-21(28)23-10-11-25(17)22(31)24-20(27)16-8-6-7-9-18(16)29-13-14(2)3/h6-9,14-15,17H,5,10-13H2,1-4H3,(H,23,28)(H,24,27,31). The van der Waals surface area contributed by atoms with Gasteiger partial charge in [-0.25, -0.2) is 0 Å². The van der Waals surface area contributed by atoms with Gasteiger partial charge in [0, 0.05) is 13.1 Å². The Kier molecular flexibility index (Phi) is 9.23. The highest BCUT2D eigenvalue weighted by molar-refractivity contribution is 7.80. The number of carbonyl (C=O) groups excluding carboxylic acids is 3. The zero-order valence-corrected chi connectivity index (χ0v) is 19.3. The first-order chi connectivity index (χ1) is 14.7. The van der Waals surface area contributed by atoms with E-state index in [0.717, 1.165) is 0 Å². The number of nitrogens with zero attached hydrogens (tertiary/aromatic N) is 1. The summed E-state index contributed by atoms with van der Waals surface area (Å²) in [7, 11) is 0. The Morgan fingerprint density at radius 1 is 1.29 bits per heavy atom. The number of hydrogen-bond donors (Lipinski definition) is 2. The van der Waals surface area contributed by atoms with Crippen molar-refractivity contribution in [3.63, 3.8) is 0 Å². The number of rotatable bonds is 8. The van der Waals surface area contributed by atoms with Gasteiger partial charge in [-0.15, -0.1) is 0 Å². The van der Waals surface area contributed by atoms with Gasteiger partial charge in [-0.2, -0.15) is 0 Å². The molecule has 2 atom stereocenters. The third kappa shape index (κ3) is 7.20. The van der Waals surface area contributed by atoms with Crippen LogP contribution in [0.15, 0.2) is 24.3 Å². The average Bonchev–Trinajstić information content (AvgIpc) is 2.73. The molecule has 2 N–H and O–H groups in total. The molecule has 1 saturated heterocycles. The van der Waals surface area contributed by atoms with Gasteiger partial charge in [0.05, 0.1) is 24.7 Å². The molecule has 8 nitrogen and oxygen atoms in total. The van der Waals surface area contributed by atoms with Gasteiger partial charge < -0.3 is 19.7 Å². The second-order valence-corrected chi connectivity index (χ2v) is 8.26. The van der Waals surface area contributed by atoms with Gasteiger partial charge in [-0.1, -0.05) is 32.9 Å². The summed E-state index contributed by atoms with van der Waals surface area (Å²) in [5.41, 5.74) is 0.347. The van der Waals surface area contributed by atoms with Gasteiger partial charge in [0.25, 0.3) is 5.91 Å². The predicted molar refractivity (Wildman–Crippen MR) is 121 cm³/mol. The van der Waals surface area contributed by atoms with E-state index in [1.165, 1.54) is 0 Å². The second kappa shape index (κ2) is 11.6. The Morgan fingerprint density at radius 3 is 2.68 bits per heavy atom. The van der Waals surface area contributed by atoms with Crippen LogP contribution in [0.2, 0.25) is 0 Å². The van der Waals surface area contributed by atoms with Crippen LogP contribution in [0, 0.1) is 5.92 Å². The quantitative estimate of drug-likeness (QED) is 0.464. The van der Waals surface area contributed by atoms with E-state index in [2.05, 4.69) is 10.6 Å². The second-order valence-electron chi connectivity index (χ2n) is 7.87. The Balaban J connectivity index is 2.09. The number of hydrogen-bond acceptors (Lipinski definition) is 6. The van der Waals surface area contributed by atoms with Crippen LogP contribution in [0.3, 0.4) is 0 Å². The monoisotopic (exact) mass is 449 g/mol. The molecule has 0 aliphatic carbocycles. The summed E-state index contributed by atoms with van der Waals surface area (Å²) in [5.74, 6) is -0.481. The lowest BCUT2D eigenvalue weighted by Gasteiger charge is -2.36. The molecular formula is C22H31N3O5S. The van der Waals surface area contributed by atoms with E-state index >= 15 is 0 Å². The molecule has 2 rings (SSSR count). The van der Waals surface area contributed by atoms with E-state index in [9.17, 15) is 14.4 Å². The highest BCUT2D eigenvalue weighted by atomic mass is 32.1. The maximum Gasteiger partial charge on any atom is 0.308 e. The van der Waals surface area contributed by atoms with Gasteiger partial charge in [0.1, 0.15) is 11.8 Å². The van der Waals surface area contributed by atoms with Gasteiger partial charge in [0.15, 0.2) is 5.11 Å². The molecule has 0 radical (unpaired) electrons. The smallest absolute Gasteiger partial charge is 0.308 e. The fourth-order valence-electron chi connectivity index (χ4n) is 2.95. The van der Waals surface area contributed by atoms with Gasteiger partial charge in [-0.3, -0.25) is 19.7 Å². The van der Waals surface area contributed by atoms with Crippen LogP contribution < -0.4 is 15.4 Å². The van der Waals surface area contributed by atoms with Crippen LogP contribution in [0.5, 0.6) is 5.75 Å². The zero-order valence-electron chi connectivity index (χ0n) is 18.5. The molecule has 0 bridgehead atoms. The Morgan fingerprint density at radius 2 is 2.00 bits per heavy atom. The minimum absolute atomic E-state index is 0.0832. The lowest BCUT2D eigenvalue weighted by Crippen LogP contribution is -2.60. The van der Waals surface area contributed by atoms with Crippen molar-refractivity contribution in [1.82, 2.24) is 15.5 Å². The summed E-state index contributed by atoms with van der Waals surface area (Å²) in [6, 6.07) is 6.06. The van der Waals surface area contributed by atoms with Crippen molar-refractivity contribution in [2.24, 2.45) is 5.92 Å². The molecule has 31 heavy (non-hydrogen) atoms. The number of thiocarbonyl (C=S) groups is 1. The number of para-hydroxylation sites is 1. The van der Waals surface area contributed by atoms with E-state index in [0.29, 0.717) is 43.3 Å². The highest BCUT2D eigenvalue weighted by Crippen LogP contribution is 2.19. The Hall–Kier alpha value is -2.68. The molecule has 1 aromatic rings. The first kappa shape index (κ1) is 24.6. The van der Waals surface area contributed by atoms with Crippen LogP contribution in [0.1, 0.15) is 50.9 Å². The van der Waals surface area contributed by atoms with Crippen molar-refractivity contribution in [2.75, 3.05) is 19.7 Å². The number of benzene rings is 1. The van der Waals surface area contributed by atoms with Crippen LogP contribution >= 0.6 is 12.2 Å². The molecular weight excluding hydrogens is 418 g/mol. The maximum absolute atomic E-state index is 12.9. The summed E-state index contributed by atoms with van der Waals surface area (Å²) in [6.07, 6.45) is 0.292. The van der Waals surface area contributed by atoms with Crippen molar-refractivity contribution in [1.29, 1.82) is 0 Å². The van der Waals surface area contributed by atoms with E-state index in [-0.39, 0.29) is 23.5 Å². The summed E-state index contributed by atoms with van der Waals surface area (Å²) >= 11 is 5.41. The van der Waals surface area contributed by atoms with Gasteiger partial charge >= 0.3 is 5.97 Å². The molecule has 170 valence electrons. The minimum atomic E-state index is -0.842. The largest absolute Gasteiger partial charge is 0.492 e.